The maximum absolute atomic E-state index is 12.7. The molecular weight excluding hydrogens is 296 g/mol. The van der Waals surface area contributed by atoms with Crippen molar-refractivity contribution in [2.24, 2.45) is 0 Å². The topological polar surface area (TPSA) is 63.9 Å². The SMILES string of the molecule is COc1ccc(OC)c(NC(=O)N2CCCC2c2ccco2)c1. The highest BCUT2D eigenvalue weighted by atomic mass is 16.5. The Bertz CT molecular complexity index is 669. The van der Waals surface area contributed by atoms with Gasteiger partial charge in [-0.15, -0.1) is 0 Å². The van der Waals surface area contributed by atoms with E-state index in [4.69, 9.17) is 13.9 Å². The lowest BCUT2D eigenvalue weighted by molar-refractivity contribution is 0.199. The predicted octanol–water partition coefficient (Wildman–Crippen LogP) is 3.67. The molecule has 23 heavy (non-hydrogen) atoms. The summed E-state index contributed by atoms with van der Waals surface area (Å²) < 4.78 is 16.0. The first-order valence-corrected chi connectivity index (χ1v) is 7.56. The van der Waals surface area contributed by atoms with Gasteiger partial charge in [0.1, 0.15) is 17.3 Å². The van der Waals surface area contributed by atoms with E-state index in [-0.39, 0.29) is 12.1 Å². The number of nitrogens with one attached hydrogen (secondary N) is 1. The number of nitrogens with zero attached hydrogens (tertiary/aromatic N) is 1. The Morgan fingerprint density at radius 3 is 2.87 bits per heavy atom. The normalized spacial score (nSPS) is 17.1. The molecular formula is C17H20N2O4. The smallest absolute Gasteiger partial charge is 0.322 e. The van der Waals surface area contributed by atoms with Crippen molar-refractivity contribution in [2.75, 3.05) is 26.1 Å². The van der Waals surface area contributed by atoms with E-state index in [1.807, 2.05) is 12.1 Å². The van der Waals surface area contributed by atoms with Gasteiger partial charge in [-0.25, -0.2) is 4.79 Å². The highest BCUT2D eigenvalue weighted by Gasteiger charge is 2.32. The minimum Gasteiger partial charge on any atom is -0.497 e. The summed E-state index contributed by atoms with van der Waals surface area (Å²) >= 11 is 0. The lowest BCUT2D eigenvalue weighted by Crippen LogP contribution is -2.34. The van der Waals surface area contributed by atoms with Crippen LogP contribution in [-0.4, -0.2) is 31.7 Å². The highest BCUT2D eigenvalue weighted by Crippen LogP contribution is 2.34. The number of carbonyl (C=O) groups is 1. The molecule has 0 radical (unpaired) electrons. The lowest BCUT2D eigenvalue weighted by Gasteiger charge is -2.24. The molecule has 6 nitrogen and oxygen atoms in total. The van der Waals surface area contributed by atoms with Crippen molar-refractivity contribution < 1.29 is 18.7 Å². The maximum atomic E-state index is 12.7. The lowest BCUT2D eigenvalue weighted by atomic mass is 10.2. The Kier molecular flexibility index (Phi) is 4.41. The zero-order valence-electron chi connectivity index (χ0n) is 13.2. The fourth-order valence-corrected chi connectivity index (χ4v) is 2.89. The van der Waals surface area contributed by atoms with E-state index in [2.05, 4.69) is 5.32 Å². The fourth-order valence-electron chi connectivity index (χ4n) is 2.89. The third kappa shape index (κ3) is 3.11. The van der Waals surface area contributed by atoms with Crippen LogP contribution < -0.4 is 14.8 Å². The van der Waals surface area contributed by atoms with Crippen LogP contribution in [0.1, 0.15) is 24.6 Å². The van der Waals surface area contributed by atoms with Crippen LogP contribution in [0.4, 0.5) is 10.5 Å². The predicted molar refractivity (Wildman–Crippen MR) is 86.0 cm³/mol. The molecule has 1 N–H and O–H groups in total. The van der Waals surface area contributed by atoms with Crippen molar-refractivity contribution in [2.45, 2.75) is 18.9 Å². The first-order chi connectivity index (χ1) is 11.2. The number of ether oxygens (including phenoxy) is 2. The van der Waals surface area contributed by atoms with Crippen molar-refractivity contribution in [1.29, 1.82) is 0 Å². The monoisotopic (exact) mass is 316 g/mol. The van der Waals surface area contributed by atoms with Crippen LogP contribution >= 0.6 is 0 Å². The zero-order valence-corrected chi connectivity index (χ0v) is 13.2. The molecule has 0 spiro atoms. The van der Waals surface area contributed by atoms with Crippen LogP contribution in [0.15, 0.2) is 41.0 Å². The summed E-state index contributed by atoms with van der Waals surface area (Å²) in [5, 5.41) is 2.91. The van der Waals surface area contributed by atoms with Gasteiger partial charge in [-0.2, -0.15) is 0 Å². The molecule has 2 heterocycles. The molecule has 1 aromatic heterocycles. The number of urea groups is 1. The van der Waals surface area contributed by atoms with E-state index >= 15 is 0 Å². The minimum atomic E-state index is -0.171. The number of hydrogen-bond donors (Lipinski definition) is 1. The first kappa shape index (κ1) is 15.3. The zero-order chi connectivity index (χ0) is 16.2. The van der Waals surface area contributed by atoms with Crippen LogP contribution in [0, 0.1) is 0 Å². The van der Waals surface area contributed by atoms with Crippen molar-refractivity contribution in [3.63, 3.8) is 0 Å². The number of rotatable bonds is 4. The first-order valence-electron chi connectivity index (χ1n) is 7.56. The molecule has 6 heteroatoms. The van der Waals surface area contributed by atoms with E-state index in [0.717, 1.165) is 18.6 Å². The van der Waals surface area contributed by atoms with E-state index < -0.39 is 0 Å². The number of furan rings is 1. The van der Waals surface area contributed by atoms with Crippen LogP contribution in [0.25, 0.3) is 0 Å². The number of benzene rings is 1. The number of methoxy groups -OCH3 is 2. The third-order valence-corrected chi connectivity index (χ3v) is 4.03. The van der Waals surface area contributed by atoms with E-state index in [1.165, 1.54) is 0 Å². The van der Waals surface area contributed by atoms with Gasteiger partial charge in [0.25, 0.3) is 0 Å². The van der Waals surface area contributed by atoms with Crippen molar-refractivity contribution >= 4 is 11.7 Å². The number of carbonyl (C=O) groups excluding carboxylic acids is 1. The summed E-state index contributed by atoms with van der Waals surface area (Å²) in [5.41, 5.74) is 0.585. The van der Waals surface area contributed by atoms with Crippen molar-refractivity contribution in [3.8, 4) is 11.5 Å². The summed E-state index contributed by atoms with van der Waals surface area (Å²) in [6.07, 6.45) is 3.49. The Hall–Kier alpha value is -2.63. The summed E-state index contributed by atoms with van der Waals surface area (Å²) in [6, 6.07) is 8.85. The summed E-state index contributed by atoms with van der Waals surface area (Å²) in [7, 11) is 3.15. The number of likely N-dealkylation sites (tertiary alicyclic amines) is 1. The third-order valence-electron chi connectivity index (χ3n) is 4.03. The Morgan fingerprint density at radius 2 is 2.17 bits per heavy atom. The molecule has 2 aromatic rings. The van der Waals surface area contributed by atoms with Gasteiger partial charge in [0.15, 0.2) is 0 Å². The van der Waals surface area contributed by atoms with E-state index in [1.54, 1.807) is 43.6 Å². The molecule has 1 unspecified atom stereocenters. The molecule has 2 amide bonds. The number of hydrogen-bond acceptors (Lipinski definition) is 4. The van der Waals surface area contributed by atoms with Crippen molar-refractivity contribution in [3.05, 3.63) is 42.4 Å². The molecule has 1 aliphatic rings. The average molecular weight is 316 g/mol. The van der Waals surface area contributed by atoms with Gasteiger partial charge in [-0.3, -0.25) is 0 Å². The van der Waals surface area contributed by atoms with Crippen molar-refractivity contribution in [1.82, 2.24) is 4.90 Å². The molecule has 1 fully saturated rings. The Labute approximate surface area is 135 Å². The molecule has 1 aromatic carbocycles. The standard InChI is InChI=1S/C17H20N2O4/c1-21-12-7-8-15(22-2)13(11-12)18-17(20)19-9-3-5-14(19)16-6-4-10-23-16/h4,6-8,10-11,14H,3,5,9H2,1-2H3,(H,18,20). The Balaban J connectivity index is 1.78. The Morgan fingerprint density at radius 1 is 1.30 bits per heavy atom. The second-order valence-electron chi connectivity index (χ2n) is 5.36. The van der Waals surface area contributed by atoms with Crippen LogP contribution in [-0.2, 0) is 0 Å². The molecule has 0 aliphatic carbocycles. The molecule has 3 rings (SSSR count). The second-order valence-corrected chi connectivity index (χ2v) is 5.36. The maximum Gasteiger partial charge on any atom is 0.322 e. The molecule has 1 saturated heterocycles. The molecule has 1 aliphatic heterocycles. The fraction of sp³-hybridized carbons (Fsp3) is 0.353. The van der Waals surface area contributed by atoms with Crippen LogP contribution in [0.2, 0.25) is 0 Å². The van der Waals surface area contributed by atoms with Gasteiger partial charge in [-0.1, -0.05) is 0 Å². The van der Waals surface area contributed by atoms with Gasteiger partial charge in [-0.05, 0) is 37.1 Å². The average Bonchev–Trinajstić information content (AvgIpc) is 3.25. The number of anilines is 1. The quantitative estimate of drug-likeness (QED) is 0.935. The summed E-state index contributed by atoms with van der Waals surface area (Å²) in [5.74, 6) is 2.06. The van der Waals surface area contributed by atoms with Gasteiger partial charge in [0, 0.05) is 12.6 Å². The number of amides is 2. The van der Waals surface area contributed by atoms with Gasteiger partial charge < -0.3 is 24.1 Å². The van der Waals surface area contributed by atoms with Gasteiger partial charge in [0.2, 0.25) is 0 Å². The molecule has 0 bridgehead atoms. The largest absolute Gasteiger partial charge is 0.497 e. The molecule has 0 saturated carbocycles. The second kappa shape index (κ2) is 6.64. The molecule has 1 atom stereocenters. The minimum absolute atomic E-state index is 0.0263. The highest BCUT2D eigenvalue weighted by molar-refractivity contribution is 5.91. The summed E-state index contributed by atoms with van der Waals surface area (Å²) in [4.78, 5) is 14.5. The van der Waals surface area contributed by atoms with Gasteiger partial charge >= 0.3 is 6.03 Å². The molecule has 122 valence electrons. The van der Waals surface area contributed by atoms with E-state index in [9.17, 15) is 4.79 Å². The summed E-state index contributed by atoms with van der Waals surface area (Å²) in [6.45, 7) is 0.698. The van der Waals surface area contributed by atoms with Gasteiger partial charge in [0.05, 0.1) is 32.2 Å². The van der Waals surface area contributed by atoms with Crippen LogP contribution in [0.5, 0.6) is 11.5 Å². The van der Waals surface area contributed by atoms with Crippen LogP contribution in [0.3, 0.4) is 0 Å². The van der Waals surface area contributed by atoms with E-state index in [0.29, 0.717) is 23.7 Å².